The van der Waals surface area contributed by atoms with E-state index in [4.69, 9.17) is 5.73 Å². The van der Waals surface area contributed by atoms with Crippen molar-refractivity contribution in [2.75, 3.05) is 31.1 Å². The van der Waals surface area contributed by atoms with Gasteiger partial charge >= 0.3 is 0 Å². The second kappa shape index (κ2) is 9.06. The summed E-state index contributed by atoms with van der Waals surface area (Å²) in [6.45, 7) is 2.97. The first-order valence-corrected chi connectivity index (χ1v) is 9.97. The summed E-state index contributed by atoms with van der Waals surface area (Å²) in [7, 11) is 0. The fourth-order valence-electron chi connectivity index (χ4n) is 2.94. The molecule has 1 aromatic heterocycles. The van der Waals surface area contributed by atoms with Gasteiger partial charge in [-0.25, -0.2) is 4.98 Å². The highest BCUT2D eigenvalue weighted by atomic mass is 35.5. The number of benzene rings is 1. The summed E-state index contributed by atoms with van der Waals surface area (Å²) in [5.74, 6) is 2.01. The Labute approximate surface area is 157 Å². The fraction of sp³-hybridized carbons (Fsp3) is 0.471. The van der Waals surface area contributed by atoms with Crippen molar-refractivity contribution < 1.29 is 5.11 Å². The van der Waals surface area contributed by atoms with E-state index in [1.807, 2.05) is 47.5 Å². The number of thiazole rings is 1. The highest BCUT2D eigenvalue weighted by Gasteiger charge is 2.33. The first-order chi connectivity index (χ1) is 11.2. The summed E-state index contributed by atoms with van der Waals surface area (Å²) in [6.07, 6.45) is 1.62. The maximum absolute atomic E-state index is 10.8. The molecule has 3 N–H and O–H groups in total. The number of aliphatic hydroxyl groups is 1. The highest BCUT2D eigenvalue weighted by Crippen LogP contribution is 2.32. The van der Waals surface area contributed by atoms with Gasteiger partial charge in [-0.1, -0.05) is 30.3 Å². The minimum absolute atomic E-state index is 0. The van der Waals surface area contributed by atoms with Crippen LogP contribution in [-0.2, 0) is 11.4 Å². The molecule has 0 saturated carbocycles. The van der Waals surface area contributed by atoms with Gasteiger partial charge < -0.3 is 15.7 Å². The molecule has 0 aliphatic carbocycles. The molecule has 2 aromatic rings. The van der Waals surface area contributed by atoms with Gasteiger partial charge in [0.1, 0.15) is 0 Å². The molecule has 0 bridgehead atoms. The molecule has 0 amide bonds. The summed E-state index contributed by atoms with van der Waals surface area (Å²) < 4.78 is 0. The molecule has 0 unspecified atom stereocenters. The van der Waals surface area contributed by atoms with Crippen LogP contribution in [0.2, 0.25) is 0 Å². The highest BCUT2D eigenvalue weighted by molar-refractivity contribution is 7.98. The van der Waals surface area contributed by atoms with Gasteiger partial charge in [-0.15, -0.1) is 23.7 Å². The zero-order valence-corrected chi connectivity index (χ0v) is 16.0. The lowest BCUT2D eigenvalue weighted by atomic mass is 9.84. The molecule has 0 spiro atoms. The third-order valence-electron chi connectivity index (χ3n) is 4.37. The number of thioether (sulfide) groups is 1. The smallest absolute Gasteiger partial charge is 0.180 e. The van der Waals surface area contributed by atoms with E-state index in [2.05, 4.69) is 9.88 Å². The van der Waals surface area contributed by atoms with Crippen LogP contribution in [0.4, 0.5) is 5.13 Å². The monoisotopic (exact) mass is 385 g/mol. The van der Waals surface area contributed by atoms with Crippen molar-refractivity contribution in [3.05, 3.63) is 47.0 Å². The van der Waals surface area contributed by atoms with Gasteiger partial charge in [-0.3, -0.25) is 0 Å². The van der Waals surface area contributed by atoms with Crippen LogP contribution in [0.3, 0.4) is 0 Å². The normalized spacial score (nSPS) is 17.4. The number of nitrogen functional groups attached to an aromatic ring is 1. The van der Waals surface area contributed by atoms with Crippen LogP contribution >= 0.6 is 35.5 Å². The van der Waals surface area contributed by atoms with Gasteiger partial charge in [-0.05, 0) is 18.4 Å². The first-order valence-electron chi connectivity index (χ1n) is 7.94. The van der Waals surface area contributed by atoms with Gasteiger partial charge in [-0.2, -0.15) is 11.8 Å². The molecular formula is C17H24ClN3OS2. The number of hydrogen-bond donors (Lipinski definition) is 2. The lowest BCUT2D eigenvalue weighted by Crippen LogP contribution is -2.43. The molecule has 132 valence electrons. The van der Waals surface area contributed by atoms with Crippen molar-refractivity contribution in [2.45, 2.75) is 24.2 Å². The lowest BCUT2D eigenvalue weighted by molar-refractivity contribution is -0.0244. The second-order valence-electron chi connectivity index (χ2n) is 5.97. The number of nitrogens with two attached hydrogens (primary N) is 1. The predicted molar refractivity (Wildman–Crippen MR) is 106 cm³/mol. The van der Waals surface area contributed by atoms with Gasteiger partial charge in [0.05, 0.1) is 11.3 Å². The maximum Gasteiger partial charge on any atom is 0.180 e. The number of hydrogen-bond acceptors (Lipinski definition) is 6. The Morgan fingerprint density at radius 3 is 2.58 bits per heavy atom. The summed E-state index contributed by atoms with van der Waals surface area (Å²) in [5, 5.41) is 13.5. The summed E-state index contributed by atoms with van der Waals surface area (Å²) in [4.78, 5) is 6.72. The summed E-state index contributed by atoms with van der Waals surface area (Å²) >= 11 is 3.40. The van der Waals surface area contributed by atoms with E-state index in [1.54, 1.807) is 0 Å². The van der Waals surface area contributed by atoms with Crippen LogP contribution < -0.4 is 5.73 Å². The van der Waals surface area contributed by atoms with Gasteiger partial charge in [0.25, 0.3) is 0 Å². The standard InChI is InChI=1S/C17H23N3OS2.ClH/c18-16-19-15(13-23-16)12-22-11-10-20-8-6-17(21,7-9-20)14-4-2-1-3-5-14;/h1-5,13,21H,6-12H2,(H2,18,19);1H. The first kappa shape index (κ1) is 19.5. The Kier molecular flexibility index (Phi) is 7.37. The molecule has 1 aromatic carbocycles. The Balaban J connectivity index is 0.00000208. The number of rotatable bonds is 6. The molecule has 0 radical (unpaired) electrons. The topological polar surface area (TPSA) is 62.4 Å². The number of likely N-dealkylation sites (tertiary alicyclic amines) is 1. The quantitative estimate of drug-likeness (QED) is 0.746. The molecular weight excluding hydrogens is 362 g/mol. The van der Waals surface area contributed by atoms with E-state index in [9.17, 15) is 5.11 Å². The summed E-state index contributed by atoms with van der Waals surface area (Å²) in [6, 6.07) is 10.1. The molecule has 0 atom stereocenters. The second-order valence-corrected chi connectivity index (χ2v) is 7.96. The summed E-state index contributed by atoms with van der Waals surface area (Å²) in [5.41, 5.74) is 7.12. The number of piperidine rings is 1. The lowest BCUT2D eigenvalue weighted by Gasteiger charge is -2.38. The van der Waals surface area contributed by atoms with Crippen LogP contribution in [0.1, 0.15) is 24.1 Å². The van der Waals surface area contributed by atoms with Crippen molar-refractivity contribution in [3.8, 4) is 0 Å². The number of halogens is 1. The predicted octanol–water partition coefficient (Wildman–Crippen LogP) is 3.36. The fourth-order valence-corrected chi connectivity index (χ4v) is 4.50. The Morgan fingerprint density at radius 1 is 1.25 bits per heavy atom. The van der Waals surface area contributed by atoms with Crippen molar-refractivity contribution in [3.63, 3.8) is 0 Å². The van der Waals surface area contributed by atoms with E-state index in [-0.39, 0.29) is 12.4 Å². The van der Waals surface area contributed by atoms with Crippen molar-refractivity contribution in [1.82, 2.24) is 9.88 Å². The molecule has 1 aliphatic heterocycles. The van der Waals surface area contributed by atoms with E-state index in [1.165, 1.54) is 11.3 Å². The largest absolute Gasteiger partial charge is 0.385 e. The van der Waals surface area contributed by atoms with E-state index in [0.29, 0.717) is 5.13 Å². The van der Waals surface area contributed by atoms with Crippen LogP contribution in [-0.4, -0.2) is 40.4 Å². The molecule has 1 saturated heterocycles. The van der Waals surface area contributed by atoms with Crippen molar-refractivity contribution in [1.29, 1.82) is 0 Å². The van der Waals surface area contributed by atoms with Crippen molar-refractivity contribution in [2.24, 2.45) is 0 Å². The number of anilines is 1. The maximum atomic E-state index is 10.8. The Bertz CT molecular complexity index is 615. The van der Waals surface area contributed by atoms with Gasteiger partial charge in [0, 0.05) is 36.5 Å². The van der Waals surface area contributed by atoms with Crippen LogP contribution in [0.25, 0.3) is 0 Å². The average molecular weight is 386 g/mol. The molecule has 24 heavy (non-hydrogen) atoms. The van der Waals surface area contributed by atoms with Crippen LogP contribution in [0.5, 0.6) is 0 Å². The third kappa shape index (κ3) is 5.10. The van der Waals surface area contributed by atoms with Crippen LogP contribution in [0, 0.1) is 0 Å². The Hall–Kier alpha value is -0.790. The zero-order valence-electron chi connectivity index (χ0n) is 13.6. The minimum Gasteiger partial charge on any atom is -0.385 e. The third-order valence-corrected chi connectivity index (χ3v) is 6.06. The van der Waals surface area contributed by atoms with E-state index < -0.39 is 5.60 Å². The van der Waals surface area contributed by atoms with E-state index in [0.717, 1.165) is 55.2 Å². The minimum atomic E-state index is -0.650. The van der Waals surface area contributed by atoms with Crippen LogP contribution in [0.15, 0.2) is 35.7 Å². The average Bonchev–Trinajstić information content (AvgIpc) is 3.00. The SMILES string of the molecule is Cl.Nc1nc(CSCCN2CCC(O)(c3ccccc3)CC2)cs1. The van der Waals surface area contributed by atoms with Gasteiger partial charge in [0.15, 0.2) is 5.13 Å². The van der Waals surface area contributed by atoms with Gasteiger partial charge in [0.2, 0.25) is 0 Å². The van der Waals surface area contributed by atoms with E-state index >= 15 is 0 Å². The molecule has 4 nitrogen and oxygen atoms in total. The molecule has 1 fully saturated rings. The van der Waals surface area contributed by atoms with Crippen molar-refractivity contribution >= 4 is 40.6 Å². The molecule has 1 aliphatic rings. The zero-order chi connectivity index (χ0) is 16.1. The number of nitrogens with zero attached hydrogens (tertiary/aromatic N) is 2. The molecule has 3 rings (SSSR count). The Morgan fingerprint density at radius 2 is 1.96 bits per heavy atom. The molecule has 7 heteroatoms. The molecule has 2 heterocycles. The number of aromatic nitrogens is 1.